The molecule has 0 spiro atoms. The van der Waals surface area contributed by atoms with E-state index in [1.54, 1.807) is 18.5 Å². The highest BCUT2D eigenvalue weighted by molar-refractivity contribution is 5.95. The number of aryl methyl sites for hydroxylation is 1. The molecular weight excluding hydrogens is 316 g/mol. The number of rotatable bonds is 3. The molecule has 6 heteroatoms. The number of anilines is 2. The highest BCUT2D eigenvalue weighted by Gasteiger charge is 2.28. The van der Waals surface area contributed by atoms with E-state index in [-0.39, 0.29) is 5.91 Å². The Morgan fingerprint density at radius 2 is 2.08 bits per heavy atom. The number of fused-ring (bicyclic) bond motifs is 1. The molecule has 0 saturated carbocycles. The van der Waals surface area contributed by atoms with Crippen molar-refractivity contribution in [3.63, 3.8) is 0 Å². The van der Waals surface area contributed by atoms with Crippen LogP contribution in [0.25, 0.3) is 0 Å². The van der Waals surface area contributed by atoms with Gasteiger partial charge in [0.15, 0.2) is 5.82 Å². The van der Waals surface area contributed by atoms with Crippen LogP contribution < -0.4 is 5.32 Å². The SMILES string of the molecule is Cc1cnccc1C(=O)N1CCc2onc(Nc3ccccc3)c2C1. The molecule has 1 N–H and O–H groups in total. The van der Waals surface area contributed by atoms with Crippen molar-refractivity contribution in [1.82, 2.24) is 15.0 Å². The molecule has 1 aliphatic heterocycles. The van der Waals surface area contributed by atoms with Gasteiger partial charge >= 0.3 is 0 Å². The molecule has 3 aromatic rings. The van der Waals surface area contributed by atoms with Crippen LogP contribution in [0.2, 0.25) is 0 Å². The van der Waals surface area contributed by atoms with Gasteiger partial charge in [0, 0.05) is 36.6 Å². The zero-order valence-corrected chi connectivity index (χ0v) is 13.9. The van der Waals surface area contributed by atoms with E-state index >= 15 is 0 Å². The smallest absolute Gasteiger partial charge is 0.254 e. The Morgan fingerprint density at radius 1 is 1.24 bits per heavy atom. The molecule has 0 atom stereocenters. The van der Waals surface area contributed by atoms with Crippen molar-refractivity contribution in [3.05, 3.63) is 71.2 Å². The van der Waals surface area contributed by atoms with E-state index in [1.165, 1.54) is 0 Å². The van der Waals surface area contributed by atoms with Crippen LogP contribution in [0.4, 0.5) is 11.5 Å². The fourth-order valence-electron chi connectivity index (χ4n) is 3.02. The highest BCUT2D eigenvalue weighted by atomic mass is 16.5. The normalized spacial score (nSPS) is 13.4. The number of hydrogen-bond acceptors (Lipinski definition) is 5. The lowest BCUT2D eigenvalue weighted by atomic mass is 10.1. The second kappa shape index (κ2) is 6.39. The number of aromatic nitrogens is 2. The first-order chi connectivity index (χ1) is 12.2. The zero-order chi connectivity index (χ0) is 17.2. The summed E-state index contributed by atoms with van der Waals surface area (Å²) in [6.45, 7) is 3.00. The first-order valence-corrected chi connectivity index (χ1v) is 8.22. The van der Waals surface area contributed by atoms with Gasteiger partial charge in [-0.25, -0.2) is 0 Å². The topological polar surface area (TPSA) is 71.3 Å². The molecule has 0 unspecified atom stereocenters. The molecule has 0 fully saturated rings. The molecule has 126 valence electrons. The van der Waals surface area contributed by atoms with Crippen molar-refractivity contribution < 1.29 is 9.32 Å². The van der Waals surface area contributed by atoms with E-state index in [9.17, 15) is 4.79 Å². The van der Waals surface area contributed by atoms with Crippen molar-refractivity contribution in [2.24, 2.45) is 0 Å². The van der Waals surface area contributed by atoms with Crippen molar-refractivity contribution >= 4 is 17.4 Å². The van der Waals surface area contributed by atoms with Crippen molar-refractivity contribution in [2.45, 2.75) is 19.9 Å². The van der Waals surface area contributed by atoms with Gasteiger partial charge in [-0.15, -0.1) is 0 Å². The maximum absolute atomic E-state index is 12.8. The summed E-state index contributed by atoms with van der Waals surface area (Å²) < 4.78 is 5.46. The molecule has 1 amide bonds. The summed E-state index contributed by atoms with van der Waals surface area (Å²) >= 11 is 0. The highest BCUT2D eigenvalue weighted by Crippen LogP contribution is 2.29. The van der Waals surface area contributed by atoms with E-state index in [0.29, 0.717) is 30.9 Å². The van der Waals surface area contributed by atoms with Crippen molar-refractivity contribution in [3.8, 4) is 0 Å². The third-order valence-electron chi connectivity index (χ3n) is 4.40. The third-order valence-corrected chi connectivity index (χ3v) is 4.40. The van der Waals surface area contributed by atoms with E-state index in [0.717, 1.165) is 22.6 Å². The van der Waals surface area contributed by atoms with Gasteiger partial charge < -0.3 is 14.7 Å². The summed E-state index contributed by atoms with van der Waals surface area (Å²) in [6, 6.07) is 11.6. The molecule has 0 bridgehead atoms. The molecule has 2 aromatic heterocycles. The number of para-hydroxylation sites is 1. The second-order valence-corrected chi connectivity index (χ2v) is 6.09. The van der Waals surface area contributed by atoms with Gasteiger partial charge in [-0.2, -0.15) is 0 Å². The molecule has 0 aliphatic carbocycles. The van der Waals surface area contributed by atoms with Crippen LogP contribution in [0.1, 0.15) is 27.2 Å². The van der Waals surface area contributed by atoms with E-state index in [1.807, 2.05) is 42.2 Å². The molecule has 3 heterocycles. The molecule has 1 aromatic carbocycles. The van der Waals surface area contributed by atoms with Crippen LogP contribution in [0.15, 0.2) is 53.3 Å². The van der Waals surface area contributed by atoms with Crippen LogP contribution in [0, 0.1) is 6.92 Å². The number of pyridine rings is 1. The van der Waals surface area contributed by atoms with Crippen molar-refractivity contribution in [1.29, 1.82) is 0 Å². The van der Waals surface area contributed by atoms with Gasteiger partial charge in [-0.1, -0.05) is 23.4 Å². The minimum Gasteiger partial charge on any atom is -0.359 e. The van der Waals surface area contributed by atoms with Crippen LogP contribution >= 0.6 is 0 Å². The third kappa shape index (κ3) is 2.98. The van der Waals surface area contributed by atoms with Crippen LogP contribution in [-0.2, 0) is 13.0 Å². The monoisotopic (exact) mass is 334 g/mol. The van der Waals surface area contributed by atoms with Gasteiger partial charge in [-0.05, 0) is 30.7 Å². The van der Waals surface area contributed by atoms with Crippen molar-refractivity contribution in [2.75, 3.05) is 11.9 Å². The molecule has 1 aliphatic rings. The van der Waals surface area contributed by atoms with Gasteiger partial charge in [0.2, 0.25) is 0 Å². The lowest BCUT2D eigenvalue weighted by Gasteiger charge is -2.26. The molecular formula is C19H18N4O2. The Morgan fingerprint density at radius 3 is 2.88 bits per heavy atom. The number of nitrogens with zero attached hydrogens (tertiary/aromatic N) is 3. The van der Waals surface area contributed by atoms with Gasteiger partial charge in [0.25, 0.3) is 5.91 Å². The Balaban J connectivity index is 1.57. The van der Waals surface area contributed by atoms with Gasteiger partial charge in [0.05, 0.1) is 12.1 Å². The molecule has 0 radical (unpaired) electrons. The van der Waals surface area contributed by atoms with Crippen LogP contribution in [0.3, 0.4) is 0 Å². The molecule has 0 saturated heterocycles. The average Bonchev–Trinajstić information content (AvgIpc) is 3.04. The first kappa shape index (κ1) is 15.4. The summed E-state index contributed by atoms with van der Waals surface area (Å²) in [5.74, 6) is 1.52. The Bertz CT molecular complexity index is 905. The average molecular weight is 334 g/mol. The number of nitrogens with one attached hydrogen (secondary N) is 1. The summed E-state index contributed by atoms with van der Waals surface area (Å²) in [5.41, 5.74) is 3.45. The fraction of sp³-hybridized carbons (Fsp3) is 0.211. The van der Waals surface area contributed by atoms with Crippen LogP contribution in [0.5, 0.6) is 0 Å². The Hall–Kier alpha value is -3.15. The Labute approximate surface area is 145 Å². The number of hydrogen-bond donors (Lipinski definition) is 1. The summed E-state index contributed by atoms with van der Waals surface area (Å²) in [4.78, 5) is 18.7. The largest absolute Gasteiger partial charge is 0.359 e. The van der Waals surface area contributed by atoms with E-state index < -0.39 is 0 Å². The lowest BCUT2D eigenvalue weighted by Crippen LogP contribution is -2.36. The standard InChI is InChI=1S/C19H18N4O2/c1-13-11-20-9-7-15(13)19(24)23-10-8-17-16(12-23)18(22-25-17)21-14-5-3-2-4-6-14/h2-7,9,11H,8,10,12H2,1H3,(H,21,22). The summed E-state index contributed by atoms with van der Waals surface area (Å²) in [6.07, 6.45) is 4.02. The number of carbonyl (C=O) groups excluding carboxylic acids is 1. The maximum Gasteiger partial charge on any atom is 0.254 e. The van der Waals surface area contributed by atoms with Gasteiger partial charge in [-0.3, -0.25) is 9.78 Å². The number of amides is 1. The van der Waals surface area contributed by atoms with Gasteiger partial charge in [0.1, 0.15) is 5.76 Å². The Kier molecular flexibility index (Phi) is 3.93. The van der Waals surface area contributed by atoms with E-state index in [2.05, 4.69) is 15.5 Å². The zero-order valence-electron chi connectivity index (χ0n) is 13.9. The summed E-state index contributed by atoms with van der Waals surface area (Å²) in [5, 5.41) is 7.41. The van der Waals surface area contributed by atoms with E-state index in [4.69, 9.17) is 4.52 Å². The molecule has 4 rings (SSSR count). The predicted octanol–water partition coefficient (Wildman–Crippen LogP) is 3.32. The second-order valence-electron chi connectivity index (χ2n) is 6.09. The maximum atomic E-state index is 12.8. The predicted molar refractivity (Wildman–Crippen MR) is 93.6 cm³/mol. The minimum absolute atomic E-state index is 0.0115. The number of benzene rings is 1. The lowest BCUT2D eigenvalue weighted by molar-refractivity contribution is 0.0728. The minimum atomic E-state index is 0.0115. The summed E-state index contributed by atoms with van der Waals surface area (Å²) in [7, 11) is 0. The fourth-order valence-corrected chi connectivity index (χ4v) is 3.02. The van der Waals surface area contributed by atoms with Crippen LogP contribution in [-0.4, -0.2) is 27.5 Å². The molecule has 6 nitrogen and oxygen atoms in total. The number of carbonyl (C=O) groups is 1. The molecule has 25 heavy (non-hydrogen) atoms. The quantitative estimate of drug-likeness (QED) is 0.795. The first-order valence-electron chi connectivity index (χ1n) is 8.22.